The van der Waals surface area contributed by atoms with E-state index in [-0.39, 0.29) is 12.1 Å². The monoisotopic (exact) mass is 266 g/mol. The zero-order chi connectivity index (χ0) is 13.0. The van der Waals surface area contributed by atoms with Gasteiger partial charge in [0.2, 0.25) is 0 Å². The van der Waals surface area contributed by atoms with E-state index < -0.39 is 12.9 Å². The van der Waals surface area contributed by atoms with Gasteiger partial charge < -0.3 is 14.8 Å². The van der Waals surface area contributed by atoms with Crippen molar-refractivity contribution in [2.24, 2.45) is 0 Å². The lowest BCUT2D eigenvalue weighted by molar-refractivity contribution is 0.109. The number of ether oxygens (including phenoxy) is 1. The highest BCUT2D eigenvalue weighted by molar-refractivity contribution is 7.09. The van der Waals surface area contributed by atoms with Crippen LogP contribution in [0.25, 0.3) is 0 Å². The molecule has 94 valence electrons. The maximum absolute atomic E-state index is 13.2. The van der Waals surface area contributed by atoms with Crippen LogP contribution in [-0.2, 0) is 18.0 Å². The Balaban J connectivity index is 1.96. The van der Waals surface area contributed by atoms with E-state index in [1.165, 1.54) is 12.1 Å². The number of rotatable bonds is 5. The molecule has 1 aromatic carbocycles. The van der Waals surface area contributed by atoms with Crippen LogP contribution in [0, 0.1) is 5.82 Å². The van der Waals surface area contributed by atoms with E-state index in [2.05, 4.69) is 0 Å². The highest BCUT2D eigenvalue weighted by Gasteiger charge is 2.13. The summed E-state index contributed by atoms with van der Waals surface area (Å²) < 4.78 is 18.6. The van der Waals surface area contributed by atoms with Crippen LogP contribution in [0.5, 0.6) is 0 Å². The molecule has 0 saturated heterocycles. The van der Waals surface area contributed by atoms with Crippen molar-refractivity contribution < 1.29 is 19.2 Å². The molecule has 0 unspecified atom stereocenters. The first-order valence-electron chi connectivity index (χ1n) is 5.41. The maximum atomic E-state index is 13.2. The highest BCUT2D eigenvalue weighted by atomic mass is 32.1. The molecule has 6 heteroatoms. The Morgan fingerprint density at radius 2 is 2.06 bits per heavy atom. The Kier molecular flexibility index (Phi) is 4.49. The van der Waals surface area contributed by atoms with Gasteiger partial charge in [-0.3, -0.25) is 0 Å². The van der Waals surface area contributed by atoms with E-state index in [0.717, 1.165) is 10.9 Å². The van der Waals surface area contributed by atoms with E-state index in [1.54, 1.807) is 11.3 Å². The minimum Gasteiger partial charge on any atom is -0.423 e. The van der Waals surface area contributed by atoms with Gasteiger partial charge in [-0.25, -0.2) is 4.39 Å². The normalized spacial score (nSPS) is 10.6. The molecule has 0 aliphatic rings. The summed E-state index contributed by atoms with van der Waals surface area (Å²) in [7, 11) is -1.67. The van der Waals surface area contributed by atoms with Crippen molar-refractivity contribution >= 4 is 23.9 Å². The van der Waals surface area contributed by atoms with E-state index in [1.807, 2.05) is 17.5 Å². The van der Waals surface area contributed by atoms with Gasteiger partial charge in [0.15, 0.2) is 0 Å². The molecule has 0 saturated carbocycles. The first-order chi connectivity index (χ1) is 8.65. The van der Waals surface area contributed by atoms with Gasteiger partial charge in [0.25, 0.3) is 0 Å². The van der Waals surface area contributed by atoms with E-state index >= 15 is 0 Å². The first kappa shape index (κ1) is 13.2. The van der Waals surface area contributed by atoms with E-state index in [4.69, 9.17) is 14.8 Å². The van der Waals surface area contributed by atoms with Crippen LogP contribution in [0.3, 0.4) is 0 Å². The molecule has 2 N–H and O–H groups in total. The van der Waals surface area contributed by atoms with Crippen molar-refractivity contribution in [3.8, 4) is 0 Å². The molecular weight excluding hydrogens is 254 g/mol. The number of thiophene rings is 1. The second-order valence-corrected chi connectivity index (χ2v) is 4.87. The summed E-state index contributed by atoms with van der Waals surface area (Å²) in [6, 6.07) is 7.82. The topological polar surface area (TPSA) is 49.7 Å². The molecule has 18 heavy (non-hydrogen) atoms. The van der Waals surface area contributed by atoms with Crippen LogP contribution in [0.1, 0.15) is 10.4 Å². The second kappa shape index (κ2) is 6.11. The highest BCUT2D eigenvalue weighted by Crippen LogP contribution is 2.11. The third-order valence-corrected chi connectivity index (χ3v) is 3.22. The third kappa shape index (κ3) is 3.64. The standard InChI is InChI=1S/C12H12BFO3S/c14-11-5-9(4-10(6-11)13(15)16)7-17-8-12-2-1-3-18-12/h1-6,15-16H,7-8H2. The number of benzene rings is 1. The Bertz CT molecular complexity index is 502. The maximum Gasteiger partial charge on any atom is 0.488 e. The summed E-state index contributed by atoms with van der Waals surface area (Å²) in [5.41, 5.74) is 0.708. The number of hydrogen-bond donors (Lipinski definition) is 2. The average Bonchev–Trinajstić information content (AvgIpc) is 2.81. The van der Waals surface area contributed by atoms with Gasteiger partial charge in [-0.05, 0) is 34.6 Å². The molecule has 0 radical (unpaired) electrons. The fraction of sp³-hybridized carbons (Fsp3) is 0.167. The lowest BCUT2D eigenvalue weighted by Gasteiger charge is -2.06. The summed E-state index contributed by atoms with van der Waals surface area (Å²) in [5, 5.41) is 20.0. The Morgan fingerprint density at radius 1 is 1.22 bits per heavy atom. The predicted molar refractivity (Wildman–Crippen MR) is 69.0 cm³/mol. The molecule has 0 fully saturated rings. The summed E-state index contributed by atoms with van der Waals surface area (Å²) in [6.07, 6.45) is 0. The van der Waals surface area contributed by atoms with E-state index in [9.17, 15) is 4.39 Å². The average molecular weight is 266 g/mol. The largest absolute Gasteiger partial charge is 0.488 e. The quantitative estimate of drug-likeness (QED) is 0.801. The van der Waals surface area contributed by atoms with Crippen LogP contribution >= 0.6 is 11.3 Å². The van der Waals surface area contributed by atoms with Crippen molar-refractivity contribution in [3.63, 3.8) is 0 Å². The van der Waals surface area contributed by atoms with Crippen molar-refractivity contribution in [2.75, 3.05) is 0 Å². The van der Waals surface area contributed by atoms with Gasteiger partial charge in [0, 0.05) is 4.88 Å². The van der Waals surface area contributed by atoms with Crippen molar-refractivity contribution in [1.82, 2.24) is 0 Å². The molecule has 0 amide bonds. The zero-order valence-electron chi connectivity index (χ0n) is 9.54. The van der Waals surface area contributed by atoms with Crippen LogP contribution in [-0.4, -0.2) is 17.2 Å². The Labute approximate surface area is 109 Å². The first-order valence-corrected chi connectivity index (χ1v) is 6.29. The third-order valence-electron chi connectivity index (χ3n) is 2.37. The van der Waals surface area contributed by atoms with Gasteiger partial charge in [0.05, 0.1) is 13.2 Å². The summed E-state index contributed by atoms with van der Waals surface area (Å²) >= 11 is 1.59. The molecule has 0 bridgehead atoms. The smallest absolute Gasteiger partial charge is 0.423 e. The summed E-state index contributed by atoms with van der Waals surface area (Å²) in [6.45, 7) is 0.695. The lowest BCUT2D eigenvalue weighted by atomic mass is 9.79. The molecule has 0 spiro atoms. The van der Waals surface area contributed by atoms with Gasteiger partial charge in [-0.1, -0.05) is 12.1 Å². The minimum absolute atomic E-state index is 0.129. The van der Waals surface area contributed by atoms with Gasteiger partial charge in [0.1, 0.15) is 5.82 Å². The fourth-order valence-electron chi connectivity index (χ4n) is 1.57. The van der Waals surface area contributed by atoms with Gasteiger partial charge in [-0.15, -0.1) is 11.3 Å². The summed E-state index contributed by atoms with van der Waals surface area (Å²) in [4.78, 5) is 1.09. The van der Waals surface area contributed by atoms with Crippen molar-refractivity contribution in [2.45, 2.75) is 13.2 Å². The Hall–Kier alpha value is -1.21. The van der Waals surface area contributed by atoms with Gasteiger partial charge in [-0.2, -0.15) is 0 Å². The molecule has 0 aliphatic heterocycles. The number of halogens is 1. The van der Waals surface area contributed by atoms with Gasteiger partial charge >= 0.3 is 7.12 Å². The minimum atomic E-state index is -1.67. The van der Waals surface area contributed by atoms with Crippen LogP contribution in [0.15, 0.2) is 35.7 Å². The SMILES string of the molecule is OB(O)c1cc(F)cc(COCc2cccs2)c1. The van der Waals surface area contributed by atoms with Crippen LogP contribution in [0.4, 0.5) is 4.39 Å². The molecule has 3 nitrogen and oxygen atoms in total. The van der Waals surface area contributed by atoms with Crippen molar-refractivity contribution in [1.29, 1.82) is 0 Å². The molecule has 2 aromatic rings. The number of hydrogen-bond acceptors (Lipinski definition) is 4. The van der Waals surface area contributed by atoms with Crippen LogP contribution in [0.2, 0.25) is 0 Å². The molecule has 1 aromatic heterocycles. The van der Waals surface area contributed by atoms with Crippen molar-refractivity contribution in [3.05, 3.63) is 52.0 Å². The molecule has 0 aliphatic carbocycles. The second-order valence-electron chi connectivity index (χ2n) is 3.84. The van der Waals surface area contributed by atoms with E-state index in [0.29, 0.717) is 12.2 Å². The summed E-state index contributed by atoms with van der Waals surface area (Å²) in [5.74, 6) is -0.504. The fourth-order valence-corrected chi connectivity index (χ4v) is 2.21. The molecular formula is C12H12BFO3S. The molecule has 0 atom stereocenters. The lowest BCUT2D eigenvalue weighted by Crippen LogP contribution is -2.30. The van der Waals surface area contributed by atoms with Crippen LogP contribution < -0.4 is 5.46 Å². The molecule has 2 rings (SSSR count). The zero-order valence-corrected chi connectivity index (χ0v) is 10.4. The Morgan fingerprint density at radius 3 is 2.72 bits per heavy atom. The molecule has 1 heterocycles. The predicted octanol–water partition coefficient (Wildman–Crippen LogP) is 1.28.